The zero-order valence-electron chi connectivity index (χ0n) is 9.82. The van der Waals surface area contributed by atoms with Crippen LogP contribution in [0.2, 0.25) is 0 Å². The van der Waals surface area contributed by atoms with Crippen LogP contribution in [0.1, 0.15) is 37.7 Å². The molecule has 1 aromatic rings. The highest BCUT2D eigenvalue weighted by atomic mass is 16.5. The fourth-order valence-corrected chi connectivity index (χ4v) is 2.29. The lowest BCUT2D eigenvalue weighted by Crippen LogP contribution is -2.15. The van der Waals surface area contributed by atoms with Gasteiger partial charge >= 0.3 is 0 Å². The first-order chi connectivity index (χ1) is 7.88. The van der Waals surface area contributed by atoms with Crippen molar-refractivity contribution in [2.45, 2.75) is 38.6 Å². The third-order valence-electron chi connectivity index (χ3n) is 3.37. The first-order valence-electron chi connectivity index (χ1n) is 6.30. The van der Waals surface area contributed by atoms with Crippen molar-refractivity contribution in [3.8, 4) is 5.75 Å². The summed E-state index contributed by atoms with van der Waals surface area (Å²) in [5.74, 6) is 1.74. The summed E-state index contributed by atoms with van der Waals surface area (Å²) in [6.45, 7) is 1.48. The third-order valence-corrected chi connectivity index (χ3v) is 3.37. The maximum atomic E-state index is 5.80. The maximum absolute atomic E-state index is 5.80. The minimum Gasteiger partial charge on any atom is -0.493 e. The highest BCUT2D eigenvalue weighted by Crippen LogP contribution is 2.24. The predicted octanol–water partition coefficient (Wildman–Crippen LogP) is 3.10. The van der Waals surface area contributed by atoms with Crippen LogP contribution in [0, 0.1) is 5.92 Å². The zero-order valence-corrected chi connectivity index (χ0v) is 9.82. The van der Waals surface area contributed by atoms with Gasteiger partial charge in [0.25, 0.3) is 0 Å². The van der Waals surface area contributed by atoms with Gasteiger partial charge in [-0.25, -0.2) is 0 Å². The molecule has 0 amide bonds. The smallest absolute Gasteiger partial charge is 0.119 e. The van der Waals surface area contributed by atoms with Gasteiger partial charge in [-0.15, -0.1) is 0 Å². The third kappa shape index (κ3) is 3.24. The maximum Gasteiger partial charge on any atom is 0.119 e. The molecule has 0 aliphatic heterocycles. The molecule has 0 saturated heterocycles. The second kappa shape index (κ2) is 5.90. The molecule has 0 atom stereocenters. The average molecular weight is 219 g/mol. The fourth-order valence-electron chi connectivity index (χ4n) is 2.29. The Balaban J connectivity index is 1.79. The molecular weight excluding hydrogens is 198 g/mol. The first-order valence-corrected chi connectivity index (χ1v) is 6.30. The Morgan fingerprint density at radius 2 is 1.75 bits per heavy atom. The van der Waals surface area contributed by atoms with E-state index in [-0.39, 0.29) is 0 Å². The topological polar surface area (TPSA) is 35.2 Å². The van der Waals surface area contributed by atoms with E-state index in [0.29, 0.717) is 6.54 Å². The molecule has 1 aliphatic rings. The molecule has 1 saturated carbocycles. The zero-order chi connectivity index (χ0) is 11.2. The quantitative estimate of drug-likeness (QED) is 0.844. The van der Waals surface area contributed by atoms with Crippen LogP contribution in [0.15, 0.2) is 24.3 Å². The SMILES string of the molecule is NCc1ccc(OCC2CCCCC2)cc1. The minimum absolute atomic E-state index is 0.600. The summed E-state index contributed by atoms with van der Waals surface area (Å²) in [6, 6.07) is 8.11. The second-order valence-electron chi connectivity index (χ2n) is 4.66. The lowest BCUT2D eigenvalue weighted by atomic mass is 9.90. The van der Waals surface area contributed by atoms with Crippen LogP contribution >= 0.6 is 0 Å². The fraction of sp³-hybridized carbons (Fsp3) is 0.571. The van der Waals surface area contributed by atoms with E-state index >= 15 is 0 Å². The summed E-state index contributed by atoms with van der Waals surface area (Å²) < 4.78 is 5.80. The van der Waals surface area contributed by atoms with Gasteiger partial charge in [0.1, 0.15) is 5.75 Å². The second-order valence-corrected chi connectivity index (χ2v) is 4.66. The van der Waals surface area contributed by atoms with Crippen LogP contribution in [0.25, 0.3) is 0 Å². The van der Waals surface area contributed by atoms with Gasteiger partial charge in [0.05, 0.1) is 6.61 Å². The van der Waals surface area contributed by atoms with Crippen molar-refractivity contribution in [3.63, 3.8) is 0 Å². The molecular formula is C14H21NO. The van der Waals surface area contributed by atoms with Gasteiger partial charge in [-0.1, -0.05) is 31.4 Å². The van der Waals surface area contributed by atoms with Crippen molar-refractivity contribution in [2.24, 2.45) is 11.7 Å². The Labute approximate surface area is 97.8 Å². The summed E-state index contributed by atoms with van der Waals surface area (Å²) >= 11 is 0. The van der Waals surface area contributed by atoms with E-state index < -0.39 is 0 Å². The number of benzene rings is 1. The monoisotopic (exact) mass is 219 g/mol. The normalized spacial score (nSPS) is 17.3. The van der Waals surface area contributed by atoms with Crippen molar-refractivity contribution in [1.29, 1.82) is 0 Å². The number of ether oxygens (including phenoxy) is 1. The lowest BCUT2D eigenvalue weighted by molar-refractivity contribution is 0.209. The minimum atomic E-state index is 0.600. The van der Waals surface area contributed by atoms with Crippen molar-refractivity contribution >= 4 is 0 Å². The molecule has 0 unspecified atom stereocenters. The molecule has 88 valence electrons. The van der Waals surface area contributed by atoms with E-state index in [1.165, 1.54) is 32.1 Å². The Hall–Kier alpha value is -1.02. The van der Waals surface area contributed by atoms with Crippen molar-refractivity contribution in [3.05, 3.63) is 29.8 Å². The number of hydrogen-bond acceptors (Lipinski definition) is 2. The molecule has 0 heterocycles. The molecule has 0 aromatic heterocycles. The van der Waals surface area contributed by atoms with Crippen LogP contribution in [-0.2, 0) is 6.54 Å². The molecule has 2 rings (SSSR count). The highest BCUT2D eigenvalue weighted by molar-refractivity contribution is 5.27. The van der Waals surface area contributed by atoms with Gasteiger partial charge in [-0.2, -0.15) is 0 Å². The molecule has 2 heteroatoms. The standard InChI is InChI=1S/C14H21NO/c15-10-12-6-8-14(9-7-12)16-11-13-4-2-1-3-5-13/h6-9,13H,1-5,10-11,15H2. The van der Waals surface area contributed by atoms with Crippen LogP contribution in [-0.4, -0.2) is 6.61 Å². The van der Waals surface area contributed by atoms with Gasteiger partial charge in [-0.05, 0) is 36.5 Å². The summed E-state index contributed by atoms with van der Waals surface area (Å²) in [7, 11) is 0. The molecule has 0 spiro atoms. The van der Waals surface area contributed by atoms with Gasteiger partial charge in [0, 0.05) is 6.54 Å². The van der Waals surface area contributed by atoms with Crippen LogP contribution < -0.4 is 10.5 Å². The summed E-state index contributed by atoms with van der Waals surface area (Å²) in [5.41, 5.74) is 6.71. The van der Waals surface area contributed by atoms with Gasteiger partial charge in [0.15, 0.2) is 0 Å². The summed E-state index contributed by atoms with van der Waals surface area (Å²) in [4.78, 5) is 0. The van der Waals surface area contributed by atoms with E-state index in [1.807, 2.05) is 24.3 Å². The van der Waals surface area contributed by atoms with E-state index in [2.05, 4.69) is 0 Å². The van der Waals surface area contributed by atoms with Crippen LogP contribution in [0.5, 0.6) is 5.75 Å². The largest absolute Gasteiger partial charge is 0.493 e. The highest BCUT2D eigenvalue weighted by Gasteiger charge is 2.13. The Bertz CT molecular complexity index is 301. The molecule has 2 N–H and O–H groups in total. The Morgan fingerprint density at radius 3 is 2.38 bits per heavy atom. The van der Waals surface area contributed by atoms with Crippen molar-refractivity contribution in [1.82, 2.24) is 0 Å². The summed E-state index contributed by atoms with van der Waals surface area (Å²) in [5, 5.41) is 0. The van der Waals surface area contributed by atoms with Crippen molar-refractivity contribution in [2.75, 3.05) is 6.61 Å². The molecule has 1 aliphatic carbocycles. The molecule has 0 bridgehead atoms. The van der Waals surface area contributed by atoms with Crippen LogP contribution in [0.4, 0.5) is 0 Å². The van der Waals surface area contributed by atoms with E-state index in [0.717, 1.165) is 23.8 Å². The van der Waals surface area contributed by atoms with E-state index in [1.54, 1.807) is 0 Å². The Kier molecular flexibility index (Phi) is 4.23. The number of nitrogens with two attached hydrogens (primary N) is 1. The van der Waals surface area contributed by atoms with E-state index in [9.17, 15) is 0 Å². The first kappa shape index (κ1) is 11.5. The Morgan fingerprint density at radius 1 is 1.06 bits per heavy atom. The predicted molar refractivity (Wildman–Crippen MR) is 66.4 cm³/mol. The molecule has 0 radical (unpaired) electrons. The molecule has 1 aromatic carbocycles. The van der Waals surface area contributed by atoms with Gasteiger partial charge in [0.2, 0.25) is 0 Å². The lowest BCUT2D eigenvalue weighted by Gasteiger charge is -2.21. The van der Waals surface area contributed by atoms with Crippen molar-refractivity contribution < 1.29 is 4.74 Å². The van der Waals surface area contributed by atoms with E-state index in [4.69, 9.17) is 10.5 Å². The summed E-state index contributed by atoms with van der Waals surface area (Å²) in [6.07, 6.45) is 6.82. The van der Waals surface area contributed by atoms with Gasteiger partial charge < -0.3 is 10.5 Å². The number of rotatable bonds is 4. The average Bonchev–Trinajstić information content (AvgIpc) is 2.38. The molecule has 16 heavy (non-hydrogen) atoms. The van der Waals surface area contributed by atoms with Crippen LogP contribution in [0.3, 0.4) is 0 Å². The van der Waals surface area contributed by atoms with Gasteiger partial charge in [-0.3, -0.25) is 0 Å². The molecule has 2 nitrogen and oxygen atoms in total. The molecule has 1 fully saturated rings. The number of hydrogen-bond donors (Lipinski definition) is 1.